The third kappa shape index (κ3) is 5.28. The molecule has 2 rings (SSSR count). The number of halogens is 2. The van der Waals surface area contributed by atoms with E-state index in [9.17, 15) is 5.21 Å². The van der Waals surface area contributed by atoms with E-state index in [-0.39, 0.29) is 0 Å². The zero-order valence-electron chi connectivity index (χ0n) is 11.4. The molecular weight excluding hydrogens is 372 g/mol. The summed E-state index contributed by atoms with van der Waals surface area (Å²) in [6.45, 7) is 7.53. The Morgan fingerprint density at radius 1 is 0.842 bits per heavy atom. The second kappa shape index (κ2) is 7.01. The Morgan fingerprint density at radius 3 is 1.58 bits per heavy atom. The maximum absolute atomic E-state index is 11.0. The largest absolute Gasteiger partial charge is 0.618 e. The van der Waals surface area contributed by atoms with Gasteiger partial charge in [0, 0.05) is 46.3 Å². The van der Waals surface area contributed by atoms with Crippen LogP contribution in [0, 0.1) is 32.9 Å². The van der Waals surface area contributed by atoms with Crippen molar-refractivity contribution in [3.63, 3.8) is 0 Å². The highest BCUT2D eigenvalue weighted by molar-refractivity contribution is 9.10. The highest BCUT2D eigenvalue weighted by atomic mass is 79.9. The van der Waals surface area contributed by atoms with Gasteiger partial charge in [-0.3, -0.25) is 4.98 Å². The first kappa shape index (κ1) is 16.1. The Balaban J connectivity index is 0.000000191. The van der Waals surface area contributed by atoms with Crippen molar-refractivity contribution < 1.29 is 4.73 Å². The van der Waals surface area contributed by atoms with Crippen LogP contribution in [0.25, 0.3) is 0 Å². The van der Waals surface area contributed by atoms with Crippen LogP contribution in [-0.2, 0) is 0 Å². The summed E-state index contributed by atoms with van der Waals surface area (Å²) < 4.78 is 2.97. The van der Waals surface area contributed by atoms with Crippen LogP contribution in [-0.4, -0.2) is 4.98 Å². The van der Waals surface area contributed by atoms with E-state index in [2.05, 4.69) is 36.8 Å². The number of nitrogens with zero attached hydrogens (tertiary/aromatic N) is 2. The van der Waals surface area contributed by atoms with Crippen molar-refractivity contribution in [3.8, 4) is 0 Å². The van der Waals surface area contributed by atoms with Gasteiger partial charge >= 0.3 is 0 Å². The lowest BCUT2D eigenvalue weighted by Crippen LogP contribution is -2.33. The third-order valence-corrected chi connectivity index (χ3v) is 3.30. The van der Waals surface area contributed by atoms with Crippen molar-refractivity contribution >= 4 is 31.9 Å². The van der Waals surface area contributed by atoms with Crippen LogP contribution in [0.5, 0.6) is 0 Å². The van der Waals surface area contributed by atoms with E-state index in [1.807, 2.05) is 26.0 Å². The number of aryl methyl sites for hydroxylation is 4. The van der Waals surface area contributed by atoms with Crippen molar-refractivity contribution in [1.82, 2.24) is 4.98 Å². The number of rotatable bonds is 0. The molecule has 2 aromatic heterocycles. The van der Waals surface area contributed by atoms with Crippen LogP contribution in [0.3, 0.4) is 0 Å². The van der Waals surface area contributed by atoms with E-state index in [0.29, 0.717) is 11.4 Å². The quantitative estimate of drug-likeness (QED) is 0.503. The molecule has 0 spiro atoms. The van der Waals surface area contributed by atoms with E-state index < -0.39 is 0 Å². The van der Waals surface area contributed by atoms with Crippen LogP contribution >= 0.6 is 31.9 Å². The average molecular weight is 388 g/mol. The standard InChI is InChI=1S/C7H8BrNO.C7H8BrN/c1-5-3-7(8)4-6(2)9(5)10;1-5-3-7(8)4-6(2)9-5/h3-4H,1-2H3;3-4H,1-2H3. The van der Waals surface area contributed by atoms with Crippen molar-refractivity contribution in [2.45, 2.75) is 27.7 Å². The van der Waals surface area contributed by atoms with E-state index in [0.717, 1.165) is 25.1 Å². The van der Waals surface area contributed by atoms with Crippen molar-refractivity contribution in [1.29, 1.82) is 0 Å². The molecule has 2 aromatic rings. The molecule has 0 saturated heterocycles. The minimum Gasteiger partial charge on any atom is -0.618 e. The summed E-state index contributed by atoms with van der Waals surface area (Å²) in [5, 5.41) is 11.0. The molecule has 0 bridgehead atoms. The molecule has 2 heterocycles. The maximum Gasteiger partial charge on any atom is 0.191 e. The fourth-order valence-corrected chi connectivity index (χ4v) is 2.94. The lowest BCUT2D eigenvalue weighted by Gasteiger charge is -2.03. The van der Waals surface area contributed by atoms with E-state index in [1.54, 1.807) is 26.0 Å². The summed E-state index contributed by atoms with van der Waals surface area (Å²) in [4.78, 5) is 4.20. The van der Waals surface area contributed by atoms with Gasteiger partial charge in [0.05, 0.1) is 0 Å². The van der Waals surface area contributed by atoms with Gasteiger partial charge in [-0.25, -0.2) is 0 Å². The van der Waals surface area contributed by atoms with Crippen LogP contribution in [0.4, 0.5) is 0 Å². The molecule has 3 nitrogen and oxygen atoms in total. The van der Waals surface area contributed by atoms with Gasteiger partial charge in [-0.2, -0.15) is 4.73 Å². The van der Waals surface area contributed by atoms with Gasteiger partial charge in [0.1, 0.15) is 0 Å². The fourth-order valence-electron chi connectivity index (χ4n) is 1.62. The molecular formula is C14H16Br2N2O. The Labute approximate surface area is 130 Å². The van der Waals surface area contributed by atoms with E-state index >= 15 is 0 Å². The van der Waals surface area contributed by atoms with Gasteiger partial charge in [0.2, 0.25) is 0 Å². The van der Waals surface area contributed by atoms with Gasteiger partial charge in [-0.15, -0.1) is 0 Å². The molecule has 0 aliphatic heterocycles. The van der Waals surface area contributed by atoms with Crippen LogP contribution < -0.4 is 4.73 Å². The summed E-state index contributed by atoms with van der Waals surface area (Å²) in [6, 6.07) is 7.57. The van der Waals surface area contributed by atoms with Gasteiger partial charge < -0.3 is 5.21 Å². The molecule has 0 N–H and O–H groups in total. The fraction of sp³-hybridized carbons (Fsp3) is 0.286. The van der Waals surface area contributed by atoms with Crippen LogP contribution in [0.15, 0.2) is 33.2 Å². The molecule has 0 fully saturated rings. The highest BCUT2D eigenvalue weighted by Crippen LogP contribution is 2.11. The molecule has 102 valence electrons. The molecule has 5 heteroatoms. The summed E-state index contributed by atoms with van der Waals surface area (Å²) >= 11 is 6.67. The summed E-state index contributed by atoms with van der Waals surface area (Å²) in [6.07, 6.45) is 0. The maximum atomic E-state index is 11.0. The number of pyridine rings is 2. The van der Waals surface area contributed by atoms with Crippen molar-refractivity contribution in [3.05, 3.63) is 61.2 Å². The van der Waals surface area contributed by atoms with Crippen LogP contribution in [0.1, 0.15) is 22.8 Å². The topological polar surface area (TPSA) is 39.8 Å². The molecule has 0 unspecified atom stereocenters. The molecule has 0 amide bonds. The lowest BCUT2D eigenvalue weighted by atomic mass is 10.3. The number of hydrogen-bond donors (Lipinski definition) is 0. The first-order chi connectivity index (χ1) is 8.79. The summed E-state index contributed by atoms with van der Waals surface area (Å²) in [5.74, 6) is 0. The summed E-state index contributed by atoms with van der Waals surface area (Å²) in [5.41, 5.74) is 3.54. The number of hydrogen-bond acceptors (Lipinski definition) is 2. The minimum atomic E-state index is 0.715. The molecule has 0 atom stereocenters. The van der Waals surface area contributed by atoms with Gasteiger partial charge in [-0.05, 0) is 26.0 Å². The Bertz CT molecular complexity index is 512. The highest BCUT2D eigenvalue weighted by Gasteiger charge is 2.03. The first-order valence-corrected chi connectivity index (χ1v) is 7.35. The van der Waals surface area contributed by atoms with Gasteiger partial charge in [0.15, 0.2) is 11.4 Å². The normalized spacial score (nSPS) is 9.79. The minimum absolute atomic E-state index is 0.715. The summed E-state index contributed by atoms with van der Waals surface area (Å²) in [7, 11) is 0. The Hall–Kier alpha value is -0.940. The molecule has 0 aliphatic carbocycles. The molecule has 0 saturated carbocycles. The molecule has 19 heavy (non-hydrogen) atoms. The average Bonchev–Trinajstić information content (AvgIpc) is 2.24. The van der Waals surface area contributed by atoms with Gasteiger partial charge in [-0.1, -0.05) is 31.9 Å². The first-order valence-electron chi connectivity index (χ1n) is 5.76. The zero-order valence-corrected chi connectivity index (χ0v) is 14.5. The van der Waals surface area contributed by atoms with Crippen LogP contribution in [0.2, 0.25) is 0 Å². The lowest BCUT2D eigenvalue weighted by molar-refractivity contribution is -0.619. The zero-order chi connectivity index (χ0) is 14.6. The monoisotopic (exact) mass is 386 g/mol. The Morgan fingerprint density at radius 2 is 1.21 bits per heavy atom. The molecule has 0 aliphatic rings. The predicted octanol–water partition coefficient (Wildman–Crippen LogP) is 4.16. The van der Waals surface area contributed by atoms with Crippen molar-refractivity contribution in [2.24, 2.45) is 0 Å². The Kier molecular flexibility index (Phi) is 5.94. The molecule has 0 aromatic carbocycles. The van der Waals surface area contributed by atoms with E-state index in [4.69, 9.17) is 0 Å². The number of aromatic nitrogens is 2. The molecule has 0 radical (unpaired) electrons. The second-order valence-electron chi connectivity index (χ2n) is 4.32. The SMILES string of the molecule is Cc1cc(Br)cc(C)[n+]1[O-].Cc1cc(Br)cc(C)n1. The van der Waals surface area contributed by atoms with Gasteiger partial charge in [0.25, 0.3) is 0 Å². The predicted molar refractivity (Wildman–Crippen MR) is 84.0 cm³/mol. The smallest absolute Gasteiger partial charge is 0.191 e. The third-order valence-electron chi connectivity index (χ3n) is 2.38. The van der Waals surface area contributed by atoms with E-state index in [1.165, 1.54) is 0 Å². The van der Waals surface area contributed by atoms with Crippen molar-refractivity contribution in [2.75, 3.05) is 0 Å². The second-order valence-corrected chi connectivity index (χ2v) is 6.15.